The van der Waals surface area contributed by atoms with Crippen LogP contribution in [0.25, 0.3) is 0 Å². The van der Waals surface area contributed by atoms with Crippen LogP contribution < -0.4 is 11.1 Å². The first kappa shape index (κ1) is 18.3. The van der Waals surface area contributed by atoms with Gasteiger partial charge in [-0.2, -0.15) is 0 Å². The van der Waals surface area contributed by atoms with Gasteiger partial charge in [0.25, 0.3) is 0 Å². The third kappa shape index (κ3) is 6.85. The predicted molar refractivity (Wildman–Crippen MR) is 84.8 cm³/mol. The normalized spacial score (nSPS) is 13.5. The average molecular weight is 303 g/mol. The lowest BCUT2D eigenvalue weighted by Crippen LogP contribution is -2.47. The first-order chi connectivity index (χ1) is 8.50. The van der Waals surface area contributed by atoms with E-state index in [1.807, 2.05) is 39.0 Å². The van der Waals surface area contributed by atoms with Crippen LogP contribution in [0.4, 0.5) is 0 Å². The Balaban J connectivity index is 0.00000324. The Bertz CT molecular complexity index is 373. The van der Waals surface area contributed by atoms with Gasteiger partial charge in [-0.05, 0) is 25.0 Å². The molecule has 5 heteroatoms. The summed E-state index contributed by atoms with van der Waals surface area (Å²) in [5, 5.41) is 2.95. The van der Waals surface area contributed by atoms with Crippen molar-refractivity contribution < 1.29 is 4.79 Å². The topological polar surface area (TPSA) is 55.1 Å². The van der Waals surface area contributed by atoms with Crippen LogP contribution >= 0.6 is 24.2 Å². The fraction of sp³-hybridized carbons (Fsp3) is 0.500. The summed E-state index contributed by atoms with van der Waals surface area (Å²) in [7, 11) is 0. The number of carbonyl (C=O) groups is 1. The predicted octanol–water partition coefficient (Wildman–Crippen LogP) is 2.69. The lowest BCUT2D eigenvalue weighted by atomic mass is 10.0. The molecule has 0 aliphatic heterocycles. The van der Waals surface area contributed by atoms with Crippen LogP contribution in [0.15, 0.2) is 35.2 Å². The van der Waals surface area contributed by atoms with Gasteiger partial charge in [0.05, 0.1) is 6.04 Å². The molecule has 1 rings (SSSR count). The first-order valence-corrected chi connectivity index (χ1v) is 7.23. The number of benzene rings is 1. The molecule has 1 unspecified atom stereocenters. The molecular weight excluding hydrogens is 280 g/mol. The van der Waals surface area contributed by atoms with Gasteiger partial charge >= 0.3 is 0 Å². The van der Waals surface area contributed by atoms with E-state index in [0.717, 1.165) is 5.75 Å². The molecule has 0 radical (unpaired) electrons. The summed E-state index contributed by atoms with van der Waals surface area (Å²) in [6.07, 6.45) is 0. The number of thioether (sulfide) groups is 1. The number of nitrogens with two attached hydrogens (primary N) is 1. The number of amides is 1. The maximum absolute atomic E-state index is 11.8. The van der Waals surface area contributed by atoms with E-state index in [-0.39, 0.29) is 30.3 Å². The van der Waals surface area contributed by atoms with Crippen molar-refractivity contribution in [3.8, 4) is 0 Å². The first-order valence-electron chi connectivity index (χ1n) is 6.24. The zero-order valence-electron chi connectivity index (χ0n) is 11.6. The van der Waals surface area contributed by atoms with E-state index in [1.54, 1.807) is 11.8 Å². The molecule has 1 aromatic carbocycles. The molecular formula is C14H23ClN2OS. The van der Waals surface area contributed by atoms with Crippen LogP contribution in [0.5, 0.6) is 0 Å². The van der Waals surface area contributed by atoms with Crippen molar-refractivity contribution in [3.05, 3.63) is 30.3 Å². The molecule has 0 bridgehead atoms. The fourth-order valence-corrected chi connectivity index (χ4v) is 2.30. The zero-order chi connectivity index (χ0) is 13.5. The molecule has 0 aliphatic rings. The van der Waals surface area contributed by atoms with Crippen LogP contribution in [0.1, 0.15) is 20.8 Å². The second kappa shape index (κ2) is 9.23. The van der Waals surface area contributed by atoms with Crippen molar-refractivity contribution in [1.82, 2.24) is 5.32 Å². The van der Waals surface area contributed by atoms with Crippen LogP contribution in [0.2, 0.25) is 0 Å². The highest BCUT2D eigenvalue weighted by atomic mass is 35.5. The molecule has 1 amide bonds. The summed E-state index contributed by atoms with van der Waals surface area (Å²) < 4.78 is 0. The van der Waals surface area contributed by atoms with Crippen molar-refractivity contribution >= 4 is 30.1 Å². The van der Waals surface area contributed by atoms with Gasteiger partial charge in [0.1, 0.15) is 0 Å². The Morgan fingerprint density at radius 3 is 2.37 bits per heavy atom. The molecule has 1 aromatic rings. The third-order valence-corrected chi connectivity index (χ3v) is 3.93. The Labute approximate surface area is 126 Å². The van der Waals surface area contributed by atoms with Gasteiger partial charge in [-0.1, -0.05) is 32.0 Å². The molecule has 3 N–H and O–H groups in total. The number of nitrogens with one attached hydrogen (secondary N) is 1. The van der Waals surface area contributed by atoms with Crippen molar-refractivity contribution in [2.45, 2.75) is 37.8 Å². The summed E-state index contributed by atoms with van der Waals surface area (Å²) in [4.78, 5) is 13.0. The summed E-state index contributed by atoms with van der Waals surface area (Å²) in [6.45, 7) is 5.90. The number of carbonyl (C=O) groups excluding carboxylic acids is 1. The monoisotopic (exact) mass is 302 g/mol. The minimum atomic E-state index is -0.422. The van der Waals surface area contributed by atoms with E-state index in [4.69, 9.17) is 5.73 Å². The fourth-order valence-electron chi connectivity index (χ4n) is 1.42. The van der Waals surface area contributed by atoms with E-state index in [0.29, 0.717) is 0 Å². The molecule has 3 nitrogen and oxygen atoms in total. The Morgan fingerprint density at radius 2 is 1.84 bits per heavy atom. The summed E-state index contributed by atoms with van der Waals surface area (Å²) in [6, 6.07) is 9.86. The van der Waals surface area contributed by atoms with Crippen LogP contribution in [-0.2, 0) is 4.79 Å². The number of rotatable bonds is 6. The highest BCUT2D eigenvalue weighted by Gasteiger charge is 2.18. The minimum Gasteiger partial charge on any atom is -0.351 e. The summed E-state index contributed by atoms with van der Waals surface area (Å²) in [5.41, 5.74) is 5.80. The van der Waals surface area contributed by atoms with Crippen LogP contribution in [0.3, 0.4) is 0 Å². The molecule has 19 heavy (non-hydrogen) atoms. The van der Waals surface area contributed by atoms with Crippen LogP contribution in [-0.4, -0.2) is 23.7 Å². The van der Waals surface area contributed by atoms with Gasteiger partial charge < -0.3 is 11.1 Å². The second-order valence-corrected chi connectivity index (χ2v) is 5.90. The van der Waals surface area contributed by atoms with Gasteiger partial charge in [0.2, 0.25) is 5.91 Å². The largest absolute Gasteiger partial charge is 0.351 e. The number of hydrogen-bond donors (Lipinski definition) is 2. The number of hydrogen-bond acceptors (Lipinski definition) is 3. The quantitative estimate of drug-likeness (QED) is 0.794. The van der Waals surface area contributed by atoms with E-state index in [9.17, 15) is 4.79 Å². The third-order valence-electron chi connectivity index (χ3n) is 2.65. The molecule has 0 aliphatic carbocycles. The van der Waals surface area contributed by atoms with E-state index in [2.05, 4.69) is 17.4 Å². The second-order valence-electron chi connectivity index (χ2n) is 4.80. The maximum atomic E-state index is 11.8. The standard InChI is InChI=1S/C14H22N2OS.ClH/c1-10(2)13(15)14(17)16-11(3)9-18-12-7-5-4-6-8-12;/h4-8,10-11,13H,9,15H2,1-3H3,(H,16,17);1H/t11?,13-;/m0./s1. The van der Waals surface area contributed by atoms with Gasteiger partial charge in [-0.15, -0.1) is 24.2 Å². The average Bonchev–Trinajstić information content (AvgIpc) is 2.36. The highest BCUT2D eigenvalue weighted by Crippen LogP contribution is 2.17. The smallest absolute Gasteiger partial charge is 0.237 e. The van der Waals surface area contributed by atoms with E-state index >= 15 is 0 Å². The van der Waals surface area contributed by atoms with Crippen molar-refractivity contribution in [2.75, 3.05) is 5.75 Å². The molecule has 0 spiro atoms. The molecule has 0 fully saturated rings. The molecule has 0 saturated carbocycles. The summed E-state index contributed by atoms with van der Waals surface area (Å²) in [5.74, 6) is 0.950. The minimum absolute atomic E-state index is 0. The molecule has 108 valence electrons. The van der Waals surface area contributed by atoms with Gasteiger partial charge in [0, 0.05) is 16.7 Å². The van der Waals surface area contributed by atoms with Crippen molar-refractivity contribution in [3.63, 3.8) is 0 Å². The molecule has 0 heterocycles. The van der Waals surface area contributed by atoms with Crippen molar-refractivity contribution in [1.29, 1.82) is 0 Å². The van der Waals surface area contributed by atoms with E-state index < -0.39 is 6.04 Å². The Hall–Kier alpha value is -0.710. The molecule has 0 aromatic heterocycles. The lowest BCUT2D eigenvalue weighted by Gasteiger charge is -2.19. The molecule has 0 saturated heterocycles. The van der Waals surface area contributed by atoms with Gasteiger partial charge in [-0.25, -0.2) is 0 Å². The number of halogens is 1. The van der Waals surface area contributed by atoms with Crippen LogP contribution in [0, 0.1) is 5.92 Å². The summed E-state index contributed by atoms with van der Waals surface area (Å²) >= 11 is 1.74. The maximum Gasteiger partial charge on any atom is 0.237 e. The van der Waals surface area contributed by atoms with Gasteiger partial charge in [-0.3, -0.25) is 4.79 Å². The van der Waals surface area contributed by atoms with E-state index in [1.165, 1.54) is 4.90 Å². The lowest BCUT2D eigenvalue weighted by molar-refractivity contribution is -0.123. The van der Waals surface area contributed by atoms with Crippen molar-refractivity contribution in [2.24, 2.45) is 11.7 Å². The Morgan fingerprint density at radius 1 is 1.26 bits per heavy atom. The highest BCUT2D eigenvalue weighted by molar-refractivity contribution is 7.99. The zero-order valence-corrected chi connectivity index (χ0v) is 13.3. The molecule has 2 atom stereocenters. The SMILES string of the molecule is CC(CSc1ccccc1)NC(=O)[C@@H](N)C(C)C.Cl. The Kier molecular flexibility index (Phi) is 8.89. The van der Waals surface area contributed by atoms with Gasteiger partial charge in [0.15, 0.2) is 0 Å².